The van der Waals surface area contributed by atoms with Crippen LogP contribution in [0.5, 0.6) is 0 Å². The average Bonchev–Trinajstić information content (AvgIpc) is 2.52. The van der Waals surface area contributed by atoms with Gasteiger partial charge in [-0.2, -0.15) is 0 Å². The fraction of sp³-hybridized carbons (Fsp3) is 0.167. The van der Waals surface area contributed by atoms with E-state index < -0.39 is 4.92 Å². The molecule has 0 aliphatic heterocycles. The lowest BCUT2D eigenvalue weighted by atomic mass is 10.0. The summed E-state index contributed by atoms with van der Waals surface area (Å²) in [6, 6.07) is 12.2. The highest BCUT2D eigenvalue weighted by atomic mass is 16.6. The van der Waals surface area contributed by atoms with Gasteiger partial charge in [0.15, 0.2) is 5.78 Å². The molecule has 0 aromatic heterocycles. The van der Waals surface area contributed by atoms with Crippen LogP contribution in [0.3, 0.4) is 0 Å². The van der Waals surface area contributed by atoms with E-state index in [1.165, 1.54) is 12.1 Å². The van der Waals surface area contributed by atoms with Crippen molar-refractivity contribution in [2.24, 2.45) is 0 Å². The maximum Gasteiger partial charge on any atom is 0.293 e. The number of nitrogens with zero attached hydrogens (tertiary/aromatic N) is 2. The molecule has 0 saturated heterocycles. The smallest absolute Gasteiger partial charge is 0.293 e. The molecule has 0 spiro atoms. The van der Waals surface area contributed by atoms with Crippen molar-refractivity contribution in [3.63, 3.8) is 0 Å². The van der Waals surface area contributed by atoms with Crippen molar-refractivity contribution < 1.29 is 9.72 Å². The summed E-state index contributed by atoms with van der Waals surface area (Å²) in [5.41, 5.74) is 2.68. The average molecular weight is 310 g/mol. The lowest BCUT2D eigenvalue weighted by molar-refractivity contribution is -0.384. The predicted octanol–water partition coefficient (Wildman–Crippen LogP) is 3.87. The molecule has 0 radical (unpaired) electrons. The number of carbonyl (C=O) groups excluding carboxylic acids is 1. The minimum atomic E-state index is -0.421. The van der Waals surface area contributed by atoms with E-state index in [9.17, 15) is 14.9 Å². The molecule has 0 aliphatic rings. The first kappa shape index (κ1) is 16.4. The zero-order valence-corrected chi connectivity index (χ0v) is 13.3. The molecule has 0 amide bonds. The Morgan fingerprint density at radius 1 is 1.17 bits per heavy atom. The van der Waals surface area contributed by atoms with Crippen molar-refractivity contribution >= 4 is 23.2 Å². The van der Waals surface area contributed by atoms with Crippen LogP contribution >= 0.6 is 0 Å². The number of aryl methyl sites for hydroxylation is 1. The number of nitro groups is 1. The molecule has 0 fully saturated rings. The van der Waals surface area contributed by atoms with Gasteiger partial charge in [0.25, 0.3) is 5.69 Å². The summed E-state index contributed by atoms with van der Waals surface area (Å²) in [6.45, 7) is 1.87. The molecule has 0 saturated carbocycles. The van der Waals surface area contributed by atoms with Gasteiger partial charge in [-0.1, -0.05) is 36.4 Å². The van der Waals surface area contributed by atoms with E-state index in [4.69, 9.17) is 0 Å². The van der Waals surface area contributed by atoms with Crippen LogP contribution in [0.1, 0.15) is 21.5 Å². The fourth-order valence-corrected chi connectivity index (χ4v) is 2.28. The van der Waals surface area contributed by atoms with E-state index in [2.05, 4.69) is 0 Å². The molecule has 2 aromatic carbocycles. The highest BCUT2D eigenvalue weighted by Crippen LogP contribution is 2.28. The Morgan fingerprint density at radius 2 is 1.87 bits per heavy atom. The van der Waals surface area contributed by atoms with Crippen LogP contribution in [0, 0.1) is 17.0 Å². The molecule has 0 aliphatic carbocycles. The third-order valence-corrected chi connectivity index (χ3v) is 3.52. The molecule has 0 bridgehead atoms. The summed E-state index contributed by atoms with van der Waals surface area (Å²) in [7, 11) is 3.50. The Morgan fingerprint density at radius 3 is 2.48 bits per heavy atom. The molecule has 23 heavy (non-hydrogen) atoms. The van der Waals surface area contributed by atoms with E-state index in [1.807, 2.05) is 25.1 Å². The zero-order chi connectivity index (χ0) is 17.0. The van der Waals surface area contributed by atoms with Crippen LogP contribution in [0.15, 0.2) is 48.5 Å². The Hall–Kier alpha value is -2.95. The van der Waals surface area contributed by atoms with Crippen molar-refractivity contribution in [3.05, 3.63) is 75.3 Å². The second-order valence-corrected chi connectivity index (χ2v) is 5.41. The number of rotatable bonds is 5. The highest BCUT2D eigenvalue weighted by Gasteiger charge is 2.15. The van der Waals surface area contributed by atoms with E-state index >= 15 is 0 Å². The first-order valence-electron chi connectivity index (χ1n) is 7.14. The van der Waals surface area contributed by atoms with E-state index in [0.29, 0.717) is 16.8 Å². The minimum absolute atomic E-state index is 0.0143. The van der Waals surface area contributed by atoms with Crippen LogP contribution in [-0.2, 0) is 0 Å². The summed E-state index contributed by atoms with van der Waals surface area (Å²) in [6.07, 6.45) is 3.04. The van der Waals surface area contributed by atoms with E-state index in [1.54, 1.807) is 43.3 Å². The van der Waals surface area contributed by atoms with Gasteiger partial charge in [0.1, 0.15) is 5.69 Å². The maximum atomic E-state index is 12.2. The third kappa shape index (κ3) is 3.83. The van der Waals surface area contributed by atoms with Crippen molar-refractivity contribution in [2.45, 2.75) is 6.92 Å². The Bertz CT molecular complexity index is 780. The van der Waals surface area contributed by atoms with Gasteiger partial charge in [-0.25, -0.2) is 0 Å². The minimum Gasteiger partial charge on any atom is -0.372 e. The van der Waals surface area contributed by atoms with Gasteiger partial charge < -0.3 is 4.90 Å². The molecule has 2 aromatic rings. The Kier molecular flexibility index (Phi) is 4.91. The summed E-state index contributed by atoms with van der Waals surface area (Å²) < 4.78 is 0. The fourth-order valence-electron chi connectivity index (χ4n) is 2.28. The molecule has 0 unspecified atom stereocenters. The number of allylic oxidation sites excluding steroid dienone is 1. The number of anilines is 1. The van der Waals surface area contributed by atoms with Crippen LogP contribution in [0.4, 0.5) is 11.4 Å². The standard InChI is InChI=1S/C18H18N2O3/c1-13-6-4-5-7-15(13)18(21)11-9-14-8-10-16(19(2)3)17(12-14)20(22)23/h4-12H,1-3H3/b11-9+. The van der Waals surface area contributed by atoms with Gasteiger partial charge in [0, 0.05) is 25.7 Å². The molecule has 118 valence electrons. The van der Waals surface area contributed by atoms with Crippen LogP contribution in [0.25, 0.3) is 6.08 Å². The zero-order valence-electron chi connectivity index (χ0n) is 13.3. The number of hydrogen-bond donors (Lipinski definition) is 0. The second-order valence-electron chi connectivity index (χ2n) is 5.41. The second kappa shape index (κ2) is 6.87. The number of nitro benzene ring substituents is 1. The van der Waals surface area contributed by atoms with Crippen LogP contribution in [0.2, 0.25) is 0 Å². The largest absolute Gasteiger partial charge is 0.372 e. The predicted molar refractivity (Wildman–Crippen MR) is 92.0 cm³/mol. The van der Waals surface area contributed by atoms with Crippen LogP contribution in [-0.4, -0.2) is 24.8 Å². The van der Waals surface area contributed by atoms with Crippen molar-refractivity contribution in [2.75, 3.05) is 19.0 Å². The number of hydrogen-bond acceptors (Lipinski definition) is 4. The maximum absolute atomic E-state index is 12.2. The van der Waals surface area contributed by atoms with Gasteiger partial charge in [-0.05, 0) is 30.2 Å². The molecule has 2 rings (SSSR count). The monoisotopic (exact) mass is 310 g/mol. The molecule has 0 N–H and O–H groups in total. The van der Waals surface area contributed by atoms with Gasteiger partial charge in [-0.15, -0.1) is 0 Å². The molecule has 5 heteroatoms. The van der Waals surface area contributed by atoms with Gasteiger partial charge >= 0.3 is 0 Å². The molecular weight excluding hydrogens is 292 g/mol. The summed E-state index contributed by atoms with van der Waals surface area (Å²) in [5.74, 6) is -0.123. The van der Waals surface area contributed by atoms with Crippen LogP contribution < -0.4 is 4.90 Å². The lowest BCUT2D eigenvalue weighted by Crippen LogP contribution is -2.11. The summed E-state index contributed by atoms with van der Waals surface area (Å²) in [4.78, 5) is 24.6. The van der Waals surface area contributed by atoms with Gasteiger partial charge in [0.05, 0.1) is 4.92 Å². The molecule has 0 atom stereocenters. The highest BCUT2D eigenvalue weighted by molar-refractivity contribution is 6.07. The van der Waals surface area contributed by atoms with E-state index in [0.717, 1.165) is 5.56 Å². The topological polar surface area (TPSA) is 63.5 Å². The number of carbonyl (C=O) groups is 1. The first-order chi connectivity index (χ1) is 10.9. The van der Waals surface area contributed by atoms with Gasteiger partial charge in [0.2, 0.25) is 0 Å². The summed E-state index contributed by atoms with van der Waals surface area (Å²) >= 11 is 0. The van der Waals surface area contributed by atoms with Crippen molar-refractivity contribution in [3.8, 4) is 0 Å². The lowest BCUT2D eigenvalue weighted by Gasteiger charge is -2.12. The first-order valence-corrected chi connectivity index (χ1v) is 7.14. The summed E-state index contributed by atoms with van der Waals surface area (Å²) in [5, 5.41) is 11.2. The van der Waals surface area contributed by atoms with Crippen molar-refractivity contribution in [1.29, 1.82) is 0 Å². The van der Waals surface area contributed by atoms with Crippen molar-refractivity contribution in [1.82, 2.24) is 0 Å². The van der Waals surface area contributed by atoms with E-state index in [-0.39, 0.29) is 11.5 Å². The molecule has 0 heterocycles. The molecular formula is C18H18N2O3. The molecule has 5 nitrogen and oxygen atoms in total. The third-order valence-electron chi connectivity index (χ3n) is 3.52. The number of ketones is 1. The normalized spacial score (nSPS) is 10.7. The quantitative estimate of drug-likeness (QED) is 0.364. The Balaban J connectivity index is 2.30. The number of benzene rings is 2. The SMILES string of the molecule is Cc1ccccc1C(=O)/C=C/c1ccc(N(C)C)c([N+](=O)[O-])c1. The van der Waals surface area contributed by atoms with Gasteiger partial charge in [-0.3, -0.25) is 14.9 Å². The Labute approximate surface area is 135 Å².